The van der Waals surface area contributed by atoms with Crippen LogP contribution in [0.3, 0.4) is 0 Å². The molecule has 1 aromatic heterocycles. The van der Waals surface area contributed by atoms with Gasteiger partial charge in [0, 0.05) is 24.0 Å². The molecule has 4 N–H and O–H groups in total. The van der Waals surface area contributed by atoms with Crippen molar-refractivity contribution >= 4 is 26.7 Å². The number of nitrogen functional groups attached to an aromatic ring is 1. The normalized spacial score (nSPS) is 15.3. The van der Waals surface area contributed by atoms with Crippen molar-refractivity contribution < 1.29 is 8.42 Å². The molecular weight excluding hydrogens is 408 g/mol. The molecule has 4 rings (SSSR count). The Bertz CT molecular complexity index is 1190. The van der Waals surface area contributed by atoms with E-state index in [1.807, 2.05) is 36.4 Å². The number of pyridine rings is 1. The molecule has 1 aliphatic heterocycles. The maximum atomic E-state index is 13.1. The maximum Gasteiger partial charge on any atom is 0.243 e. The van der Waals surface area contributed by atoms with Gasteiger partial charge in [0.15, 0.2) is 0 Å². The fourth-order valence-corrected chi connectivity index (χ4v) is 5.87. The van der Waals surface area contributed by atoms with Gasteiger partial charge in [-0.3, -0.25) is 0 Å². The van der Waals surface area contributed by atoms with Gasteiger partial charge in [-0.2, -0.15) is 4.31 Å². The zero-order chi connectivity index (χ0) is 22.0. The monoisotopic (exact) mass is 438 g/mol. The Morgan fingerprint density at radius 3 is 2.61 bits per heavy atom. The average molecular weight is 439 g/mol. The summed E-state index contributed by atoms with van der Waals surface area (Å²) in [6.07, 6.45) is 4.05. The molecule has 1 fully saturated rings. The molecular formula is C24H30N4O2S. The number of hydrogen-bond donors (Lipinski definition) is 2. The second-order valence-electron chi connectivity index (χ2n) is 8.28. The van der Waals surface area contributed by atoms with Gasteiger partial charge in [-0.05, 0) is 54.6 Å². The number of benzene rings is 2. The minimum absolute atomic E-state index is 0.243. The summed E-state index contributed by atoms with van der Waals surface area (Å²) < 4.78 is 27.8. The van der Waals surface area contributed by atoms with E-state index in [2.05, 4.69) is 11.9 Å². The average Bonchev–Trinajstić information content (AvgIpc) is 2.73. The van der Waals surface area contributed by atoms with E-state index in [1.54, 1.807) is 12.1 Å². The third-order valence-corrected chi connectivity index (χ3v) is 7.90. The molecule has 0 spiro atoms. The fraction of sp³-hybridized carbons (Fsp3) is 0.375. The number of nitrogens with zero attached hydrogens (tertiary/aromatic N) is 2. The first kappa shape index (κ1) is 21.7. The summed E-state index contributed by atoms with van der Waals surface area (Å²) >= 11 is 0. The Hall–Kier alpha value is -2.48. The lowest BCUT2D eigenvalue weighted by Crippen LogP contribution is -2.52. The van der Waals surface area contributed by atoms with Crippen molar-refractivity contribution in [2.45, 2.75) is 37.5 Å². The zero-order valence-electron chi connectivity index (χ0n) is 17.9. The van der Waals surface area contributed by atoms with Gasteiger partial charge >= 0.3 is 0 Å². The van der Waals surface area contributed by atoms with Crippen LogP contribution in [0, 0.1) is 5.92 Å². The molecule has 3 aromatic rings. The lowest BCUT2D eigenvalue weighted by molar-refractivity contribution is 0.207. The molecule has 0 atom stereocenters. The predicted octanol–water partition coefficient (Wildman–Crippen LogP) is 3.80. The molecule has 164 valence electrons. The molecule has 1 saturated heterocycles. The van der Waals surface area contributed by atoms with E-state index in [4.69, 9.17) is 11.5 Å². The summed E-state index contributed by atoms with van der Waals surface area (Å²) in [4.78, 5) is 4.92. The highest BCUT2D eigenvalue weighted by atomic mass is 32.2. The van der Waals surface area contributed by atoms with Crippen LogP contribution in [0.25, 0.3) is 22.0 Å². The van der Waals surface area contributed by atoms with E-state index in [-0.39, 0.29) is 5.92 Å². The first-order valence-electron chi connectivity index (χ1n) is 10.9. The second-order valence-corrected chi connectivity index (χ2v) is 10.2. The van der Waals surface area contributed by atoms with E-state index in [0.29, 0.717) is 30.3 Å². The summed E-state index contributed by atoms with van der Waals surface area (Å²) in [5.41, 5.74) is 15.7. The molecule has 31 heavy (non-hydrogen) atoms. The van der Waals surface area contributed by atoms with Gasteiger partial charge in [0.25, 0.3) is 0 Å². The molecule has 0 unspecified atom stereocenters. The number of hydrogen-bond acceptors (Lipinski definition) is 5. The molecule has 0 aliphatic carbocycles. The van der Waals surface area contributed by atoms with Crippen LogP contribution < -0.4 is 11.5 Å². The van der Waals surface area contributed by atoms with Crippen LogP contribution >= 0.6 is 0 Å². The largest absolute Gasteiger partial charge is 0.383 e. The van der Waals surface area contributed by atoms with Crippen molar-refractivity contribution in [2.75, 3.05) is 25.4 Å². The van der Waals surface area contributed by atoms with E-state index < -0.39 is 10.0 Å². The Balaban J connectivity index is 1.81. The Labute approximate surface area is 184 Å². The molecule has 0 amide bonds. The first-order chi connectivity index (χ1) is 15.0. The van der Waals surface area contributed by atoms with Gasteiger partial charge in [0.05, 0.1) is 10.4 Å². The molecule has 7 heteroatoms. The van der Waals surface area contributed by atoms with E-state index in [9.17, 15) is 8.42 Å². The second kappa shape index (κ2) is 8.94. The summed E-state index contributed by atoms with van der Waals surface area (Å²) in [5.74, 6) is 0.763. The summed E-state index contributed by atoms with van der Waals surface area (Å²) in [5, 5.41) is 0.991. The number of fused-ring (bicyclic) bond motifs is 1. The SMILES string of the molecule is CCCCCc1c(N)nc2ccccc2c1-c1cccc(S(=O)(=O)N2CC(CN)C2)c1. The number of aromatic nitrogens is 1. The van der Waals surface area contributed by atoms with E-state index in [1.165, 1.54) is 4.31 Å². The minimum Gasteiger partial charge on any atom is -0.383 e. The molecule has 0 bridgehead atoms. The third-order valence-electron chi connectivity index (χ3n) is 6.07. The predicted molar refractivity (Wildman–Crippen MR) is 126 cm³/mol. The van der Waals surface area contributed by atoms with Crippen molar-refractivity contribution in [1.82, 2.24) is 9.29 Å². The molecule has 0 radical (unpaired) electrons. The lowest BCUT2D eigenvalue weighted by Gasteiger charge is -2.37. The van der Waals surface area contributed by atoms with Crippen LogP contribution in [0.4, 0.5) is 5.82 Å². The van der Waals surface area contributed by atoms with E-state index >= 15 is 0 Å². The highest BCUT2D eigenvalue weighted by molar-refractivity contribution is 7.89. The molecule has 6 nitrogen and oxygen atoms in total. The van der Waals surface area contributed by atoms with Crippen LogP contribution in [-0.4, -0.2) is 37.3 Å². The first-order valence-corrected chi connectivity index (χ1v) is 12.4. The van der Waals surface area contributed by atoms with Gasteiger partial charge in [-0.1, -0.05) is 50.1 Å². The number of para-hydroxylation sites is 1. The Morgan fingerprint density at radius 1 is 1.10 bits per heavy atom. The van der Waals surface area contributed by atoms with Crippen LogP contribution in [-0.2, 0) is 16.4 Å². The van der Waals surface area contributed by atoms with Crippen LogP contribution in [0.1, 0.15) is 31.7 Å². The van der Waals surface area contributed by atoms with Gasteiger partial charge in [0.1, 0.15) is 5.82 Å². The standard InChI is InChI=1S/C24H30N4O2S/c1-2-3-4-11-21-23(20-10-5-6-12-22(20)27-24(21)26)18-8-7-9-19(13-18)31(29,30)28-15-17(14-25)16-28/h5-10,12-13,17H,2-4,11,14-16,25H2,1H3,(H2,26,27). The van der Waals surface area contributed by atoms with Gasteiger partial charge in [0.2, 0.25) is 10.0 Å². The highest BCUT2D eigenvalue weighted by Gasteiger charge is 2.36. The molecule has 2 aromatic carbocycles. The van der Waals surface area contributed by atoms with Crippen LogP contribution in [0.5, 0.6) is 0 Å². The number of sulfonamides is 1. The number of nitrogens with two attached hydrogens (primary N) is 2. The zero-order valence-corrected chi connectivity index (χ0v) is 18.7. The van der Waals surface area contributed by atoms with Gasteiger partial charge in [-0.15, -0.1) is 0 Å². The van der Waals surface area contributed by atoms with Gasteiger partial charge < -0.3 is 11.5 Å². The Kier molecular flexibility index (Phi) is 6.27. The number of anilines is 1. The van der Waals surface area contributed by atoms with Crippen molar-refractivity contribution in [2.24, 2.45) is 11.7 Å². The third kappa shape index (κ3) is 4.18. The van der Waals surface area contributed by atoms with Crippen LogP contribution in [0.2, 0.25) is 0 Å². The van der Waals surface area contributed by atoms with Crippen molar-refractivity contribution in [3.05, 3.63) is 54.1 Å². The minimum atomic E-state index is -3.54. The Morgan fingerprint density at radius 2 is 1.87 bits per heavy atom. The van der Waals surface area contributed by atoms with E-state index in [0.717, 1.165) is 53.3 Å². The quantitative estimate of drug-likeness (QED) is 0.521. The molecule has 1 aliphatic rings. The molecule has 0 saturated carbocycles. The fourth-order valence-electron chi connectivity index (χ4n) is 4.23. The summed E-state index contributed by atoms with van der Waals surface area (Å²) in [6, 6.07) is 15.1. The van der Waals surface area contributed by atoms with Crippen molar-refractivity contribution in [1.29, 1.82) is 0 Å². The smallest absolute Gasteiger partial charge is 0.243 e. The number of rotatable bonds is 8. The van der Waals surface area contributed by atoms with Crippen molar-refractivity contribution in [3.63, 3.8) is 0 Å². The summed E-state index contributed by atoms with van der Waals surface area (Å²) in [7, 11) is -3.54. The van der Waals surface area contributed by atoms with Gasteiger partial charge in [-0.25, -0.2) is 13.4 Å². The summed E-state index contributed by atoms with van der Waals surface area (Å²) in [6.45, 7) is 3.64. The lowest BCUT2D eigenvalue weighted by atomic mass is 9.93. The molecule has 2 heterocycles. The highest BCUT2D eigenvalue weighted by Crippen LogP contribution is 2.37. The topological polar surface area (TPSA) is 102 Å². The maximum absolute atomic E-state index is 13.1. The number of unbranched alkanes of at least 4 members (excludes halogenated alkanes) is 2. The van der Waals surface area contributed by atoms with Crippen molar-refractivity contribution in [3.8, 4) is 11.1 Å². The van der Waals surface area contributed by atoms with Crippen LogP contribution in [0.15, 0.2) is 53.4 Å².